The molecule has 0 spiro atoms. The minimum absolute atomic E-state index is 0.126. The Bertz CT molecular complexity index is 1000. The third-order valence-electron chi connectivity index (χ3n) is 4.47. The van der Waals surface area contributed by atoms with Gasteiger partial charge in [-0.05, 0) is 26.0 Å². The van der Waals surface area contributed by atoms with E-state index in [1.54, 1.807) is 17.9 Å². The van der Waals surface area contributed by atoms with Gasteiger partial charge in [0.1, 0.15) is 6.61 Å². The highest BCUT2D eigenvalue weighted by atomic mass is 16.5. The van der Waals surface area contributed by atoms with Gasteiger partial charge in [-0.15, -0.1) is 5.10 Å². The molecule has 3 aromatic heterocycles. The summed E-state index contributed by atoms with van der Waals surface area (Å²) in [6.07, 6.45) is 0. The zero-order valence-electron chi connectivity index (χ0n) is 15.5. The highest BCUT2D eigenvalue weighted by Crippen LogP contribution is 2.23. The lowest BCUT2D eigenvalue weighted by atomic mass is 10.0. The minimum Gasteiger partial charge on any atom is -0.377 e. The summed E-state index contributed by atoms with van der Waals surface area (Å²) in [4.78, 5) is 18.5. The van der Waals surface area contributed by atoms with Crippen molar-refractivity contribution in [3.63, 3.8) is 0 Å². The van der Waals surface area contributed by atoms with E-state index in [-0.39, 0.29) is 11.5 Å². The number of aryl methyl sites for hydroxylation is 2. The first kappa shape index (κ1) is 17.4. The van der Waals surface area contributed by atoms with E-state index in [1.807, 2.05) is 24.8 Å². The monoisotopic (exact) mass is 371 g/mol. The molecule has 0 unspecified atom stereocenters. The summed E-state index contributed by atoms with van der Waals surface area (Å²) in [5.74, 6) is 1.44. The number of hydrogen-bond acceptors (Lipinski definition) is 8. The predicted molar refractivity (Wildman–Crippen MR) is 95.8 cm³/mol. The van der Waals surface area contributed by atoms with Crippen LogP contribution in [0.25, 0.3) is 5.82 Å². The van der Waals surface area contributed by atoms with Gasteiger partial charge in [0.2, 0.25) is 0 Å². The van der Waals surface area contributed by atoms with Gasteiger partial charge < -0.3 is 14.2 Å². The maximum atomic E-state index is 12.2. The third kappa shape index (κ3) is 3.47. The second-order valence-electron chi connectivity index (χ2n) is 6.75. The predicted octanol–water partition coefficient (Wildman–Crippen LogP) is 0.712. The van der Waals surface area contributed by atoms with Gasteiger partial charge in [-0.25, -0.2) is 9.36 Å². The van der Waals surface area contributed by atoms with Crippen LogP contribution in [0.4, 0.5) is 6.01 Å². The Labute approximate surface area is 155 Å². The minimum atomic E-state index is -0.126. The Kier molecular flexibility index (Phi) is 4.48. The summed E-state index contributed by atoms with van der Waals surface area (Å²) in [6.45, 7) is 6.20. The Balaban J connectivity index is 1.44. The van der Waals surface area contributed by atoms with Crippen LogP contribution in [0.3, 0.4) is 0 Å². The fourth-order valence-electron chi connectivity index (χ4n) is 3.19. The fourth-order valence-corrected chi connectivity index (χ4v) is 3.19. The maximum Gasteiger partial charge on any atom is 0.324 e. The van der Waals surface area contributed by atoms with Gasteiger partial charge in [-0.3, -0.25) is 4.79 Å². The molecule has 0 atom stereocenters. The van der Waals surface area contributed by atoms with Crippen molar-refractivity contribution in [1.29, 1.82) is 0 Å². The lowest BCUT2D eigenvalue weighted by Gasteiger charge is -2.37. The van der Waals surface area contributed by atoms with Crippen molar-refractivity contribution < 1.29 is 9.26 Å². The molecule has 3 aromatic rings. The van der Waals surface area contributed by atoms with Gasteiger partial charge in [0, 0.05) is 37.9 Å². The molecule has 1 saturated heterocycles. The number of aromatic nitrogens is 6. The van der Waals surface area contributed by atoms with Gasteiger partial charge >= 0.3 is 6.01 Å². The molecule has 1 fully saturated rings. The van der Waals surface area contributed by atoms with Gasteiger partial charge in [-0.1, -0.05) is 5.16 Å². The number of anilines is 1. The third-order valence-corrected chi connectivity index (χ3v) is 4.47. The van der Waals surface area contributed by atoms with Crippen molar-refractivity contribution in [1.82, 2.24) is 29.7 Å². The van der Waals surface area contributed by atoms with E-state index >= 15 is 0 Å². The van der Waals surface area contributed by atoms with Crippen LogP contribution in [0, 0.1) is 19.8 Å². The molecular weight excluding hydrogens is 350 g/mol. The first-order valence-corrected chi connectivity index (χ1v) is 8.72. The number of rotatable bonds is 6. The van der Waals surface area contributed by atoms with Crippen LogP contribution in [0.15, 0.2) is 27.5 Å². The molecule has 0 aliphatic carbocycles. The van der Waals surface area contributed by atoms with Gasteiger partial charge in [0.15, 0.2) is 11.6 Å². The lowest BCUT2D eigenvalue weighted by Crippen LogP contribution is -2.50. The van der Waals surface area contributed by atoms with E-state index in [1.165, 1.54) is 10.7 Å². The van der Waals surface area contributed by atoms with Crippen LogP contribution in [-0.2, 0) is 17.9 Å². The molecule has 10 nitrogen and oxygen atoms in total. The summed E-state index contributed by atoms with van der Waals surface area (Å²) < 4.78 is 13.5. The van der Waals surface area contributed by atoms with Crippen LogP contribution >= 0.6 is 0 Å². The molecule has 1 aliphatic heterocycles. The normalized spacial score (nSPS) is 14.6. The molecule has 4 rings (SSSR count). The standard InChI is InChI=1S/C17H21N7O3/c1-11-6-12(2)24(19-11)15-4-5-16(25)23(20-15)9-13-7-22(8-13)17-18-14(10-26-3)21-27-17/h4-6,13H,7-10H2,1-3H3. The average molecular weight is 371 g/mol. The van der Waals surface area contributed by atoms with Crippen molar-refractivity contribution in [3.8, 4) is 5.82 Å². The second kappa shape index (κ2) is 6.95. The molecule has 1 aliphatic rings. The molecule has 142 valence electrons. The van der Waals surface area contributed by atoms with Gasteiger partial charge in [0.25, 0.3) is 5.56 Å². The van der Waals surface area contributed by atoms with Crippen LogP contribution in [0.1, 0.15) is 17.2 Å². The fraction of sp³-hybridized carbons (Fsp3) is 0.471. The average Bonchev–Trinajstić information content (AvgIpc) is 3.18. The topological polar surface area (TPSA) is 104 Å². The summed E-state index contributed by atoms with van der Waals surface area (Å²) in [7, 11) is 1.58. The van der Waals surface area contributed by atoms with Gasteiger partial charge in [0.05, 0.1) is 12.2 Å². The zero-order valence-corrected chi connectivity index (χ0v) is 15.5. The molecule has 0 aromatic carbocycles. The molecule has 0 N–H and O–H groups in total. The SMILES string of the molecule is COCc1noc(N2CC(Cn3nc(-n4nc(C)cc4C)ccc3=O)C2)n1. The van der Waals surface area contributed by atoms with Crippen LogP contribution in [0.2, 0.25) is 0 Å². The van der Waals surface area contributed by atoms with E-state index in [9.17, 15) is 4.79 Å². The van der Waals surface area contributed by atoms with E-state index in [0.717, 1.165) is 24.5 Å². The Morgan fingerprint density at radius 2 is 2.07 bits per heavy atom. The second-order valence-corrected chi connectivity index (χ2v) is 6.75. The van der Waals surface area contributed by atoms with Crippen molar-refractivity contribution in [3.05, 3.63) is 45.8 Å². The van der Waals surface area contributed by atoms with E-state index in [0.29, 0.717) is 30.8 Å². The van der Waals surface area contributed by atoms with Crippen molar-refractivity contribution in [2.24, 2.45) is 5.92 Å². The van der Waals surface area contributed by atoms with Gasteiger partial charge in [-0.2, -0.15) is 10.1 Å². The first-order valence-electron chi connectivity index (χ1n) is 8.72. The Morgan fingerprint density at radius 1 is 1.26 bits per heavy atom. The molecule has 0 radical (unpaired) electrons. The quantitative estimate of drug-likeness (QED) is 0.624. The first-order chi connectivity index (χ1) is 13.0. The van der Waals surface area contributed by atoms with Crippen LogP contribution in [-0.4, -0.2) is 49.9 Å². The number of methoxy groups -OCH3 is 1. The van der Waals surface area contributed by atoms with E-state index in [2.05, 4.69) is 20.3 Å². The summed E-state index contributed by atoms with van der Waals surface area (Å²) in [5, 5.41) is 12.8. The number of nitrogens with zero attached hydrogens (tertiary/aromatic N) is 7. The Morgan fingerprint density at radius 3 is 2.78 bits per heavy atom. The largest absolute Gasteiger partial charge is 0.377 e. The van der Waals surface area contributed by atoms with Crippen LogP contribution in [0.5, 0.6) is 0 Å². The van der Waals surface area contributed by atoms with Crippen molar-refractivity contribution >= 4 is 6.01 Å². The number of hydrogen-bond donors (Lipinski definition) is 0. The molecule has 4 heterocycles. The molecule has 0 saturated carbocycles. The smallest absolute Gasteiger partial charge is 0.324 e. The Hall–Kier alpha value is -3.01. The molecule has 10 heteroatoms. The number of ether oxygens (including phenoxy) is 1. The zero-order chi connectivity index (χ0) is 19.0. The highest BCUT2D eigenvalue weighted by molar-refractivity contribution is 5.30. The maximum absolute atomic E-state index is 12.2. The molecule has 27 heavy (non-hydrogen) atoms. The van der Waals surface area contributed by atoms with E-state index < -0.39 is 0 Å². The lowest BCUT2D eigenvalue weighted by molar-refractivity contribution is 0.174. The van der Waals surface area contributed by atoms with Crippen molar-refractivity contribution in [2.75, 3.05) is 25.1 Å². The summed E-state index contributed by atoms with van der Waals surface area (Å²) >= 11 is 0. The molecule has 0 amide bonds. The summed E-state index contributed by atoms with van der Waals surface area (Å²) in [6, 6.07) is 5.68. The molecule has 0 bridgehead atoms. The summed E-state index contributed by atoms with van der Waals surface area (Å²) in [5.41, 5.74) is 1.76. The van der Waals surface area contributed by atoms with Crippen LogP contribution < -0.4 is 10.5 Å². The van der Waals surface area contributed by atoms with Crippen molar-refractivity contribution in [2.45, 2.75) is 27.0 Å². The molecular formula is C17H21N7O3. The van der Waals surface area contributed by atoms with E-state index in [4.69, 9.17) is 9.26 Å². The highest BCUT2D eigenvalue weighted by Gasteiger charge is 2.31.